The largest absolute Gasteiger partial charge is 0.384 e. The number of unbranched alkanes of at least 4 members (excludes halogenated alkanes) is 1. The van der Waals surface area contributed by atoms with E-state index in [9.17, 15) is 0 Å². The molecule has 116 valence electrons. The van der Waals surface area contributed by atoms with Crippen LogP contribution in [0.5, 0.6) is 0 Å². The third-order valence-corrected chi connectivity index (χ3v) is 5.87. The molecule has 0 spiro atoms. The van der Waals surface area contributed by atoms with E-state index in [1.165, 1.54) is 70.6 Å². The molecule has 0 radical (unpaired) electrons. The van der Waals surface area contributed by atoms with Crippen LogP contribution in [0.25, 0.3) is 0 Å². The van der Waals surface area contributed by atoms with Crippen molar-refractivity contribution in [3.63, 3.8) is 0 Å². The topological polar surface area (TPSA) is 9.23 Å². The minimum atomic E-state index is 0.853. The number of methoxy groups -OCH3 is 1. The van der Waals surface area contributed by atoms with Gasteiger partial charge in [0.15, 0.2) is 0 Å². The van der Waals surface area contributed by atoms with Gasteiger partial charge in [0.25, 0.3) is 0 Å². The van der Waals surface area contributed by atoms with E-state index < -0.39 is 0 Å². The van der Waals surface area contributed by atoms with E-state index in [-0.39, 0.29) is 0 Å². The third kappa shape index (κ3) is 4.91. The van der Waals surface area contributed by atoms with E-state index in [4.69, 9.17) is 4.74 Å². The van der Waals surface area contributed by atoms with Crippen molar-refractivity contribution in [2.45, 2.75) is 70.6 Å². The van der Waals surface area contributed by atoms with Crippen LogP contribution in [-0.2, 0) is 4.74 Å². The Bertz CT molecular complexity index is 257. The van der Waals surface area contributed by atoms with Crippen molar-refractivity contribution in [3.8, 4) is 0 Å². The summed E-state index contributed by atoms with van der Waals surface area (Å²) in [6, 6.07) is 0. The molecule has 0 bridgehead atoms. The van der Waals surface area contributed by atoms with Gasteiger partial charge in [-0.2, -0.15) is 0 Å². The Balaban J connectivity index is 1.63. The van der Waals surface area contributed by atoms with Crippen LogP contribution in [0.15, 0.2) is 12.7 Å². The Hall–Kier alpha value is -0.300. The van der Waals surface area contributed by atoms with E-state index in [1.807, 2.05) is 7.11 Å². The molecule has 1 nitrogen and oxygen atoms in total. The molecule has 2 aliphatic carbocycles. The van der Waals surface area contributed by atoms with Crippen LogP contribution in [0, 0.1) is 23.7 Å². The molecule has 0 amide bonds. The van der Waals surface area contributed by atoms with Crippen LogP contribution in [-0.4, -0.2) is 13.7 Å². The summed E-state index contributed by atoms with van der Waals surface area (Å²) in [5.74, 6) is 3.97. The van der Waals surface area contributed by atoms with Crippen molar-refractivity contribution in [3.05, 3.63) is 12.7 Å². The van der Waals surface area contributed by atoms with Gasteiger partial charge in [-0.05, 0) is 75.0 Å². The summed E-state index contributed by atoms with van der Waals surface area (Å²) >= 11 is 0. The molecule has 0 aromatic heterocycles. The van der Waals surface area contributed by atoms with Crippen LogP contribution < -0.4 is 0 Å². The fraction of sp³-hybridized carbons (Fsp3) is 0.895. The lowest BCUT2D eigenvalue weighted by Crippen LogP contribution is -2.27. The summed E-state index contributed by atoms with van der Waals surface area (Å²) in [5, 5.41) is 0. The molecular formula is C19H34O. The first-order chi connectivity index (χ1) is 9.83. The SMILES string of the molecule is C=CCCCC1CCC(C2CCC(COC)CC2)CC1. The minimum Gasteiger partial charge on any atom is -0.384 e. The summed E-state index contributed by atoms with van der Waals surface area (Å²) in [7, 11) is 1.85. The Kier molecular flexibility index (Phi) is 7.13. The van der Waals surface area contributed by atoms with Crippen molar-refractivity contribution >= 4 is 0 Å². The van der Waals surface area contributed by atoms with Gasteiger partial charge in [-0.15, -0.1) is 6.58 Å². The van der Waals surface area contributed by atoms with Gasteiger partial charge in [-0.25, -0.2) is 0 Å². The first-order valence-electron chi connectivity index (χ1n) is 8.93. The first kappa shape index (κ1) is 16.1. The van der Waals surface area contributed by atoms with Crippen molar-refractivity contribution in [1.82, 2.24) is 0 Å². The summed E-state index contributed by atoms with van der Waals surface area (Å²) in [5.41, 5.74) is 0. The van der Waals surface area contributed by atoms with Crippen LogP contribution in [0.2, 0.25) is 0 Å². The maximum absolute atomic E-state index is 5.32. The second-order valence-electron chi connectivity index (χ2n) is 7.24. The van der Waals surface area contributed by atoms with Gasteiger partial charge in [-0.3, -0.25) is 0 Å². The lowest BCUT2D eigenvalue weighted by molar-refractivity contribution is 0.0926. The molecule has 0 heterocycles. The van der Waals surface area contributed by atoms with Crippen LogP contribution in [0.1, 0.15) is 70.6 Å². The molecule has 20 heavy (non-hydrogen) atoms. The maximum atomic E-state index is 5.32. The molecule has 0 aromatic carbocycles. The second kappa shape index (κ2) is 8.87. The average molecular weight is 278 g/mol. The molecule has 2 rings (SSSR count). The molecule has 2 aliphatic rings. The van der Waals surface area contributed by atoms with Gasteiger partial charge in [-0.1, -0.05) is 25.3 Å². The summed E-state index contributed by atoms with van der Waals surface area (Å²) in [6.07, 6.45) is 17.9. The molecule has 0 unspecified atom stereocenters. The quantitative estimate of drug-likeness (QED) is 0.435. The summed E-state index contributed by atoms with van der Waals surface area (Å²) in [6.45, 7) is 4.82. The van der Waals surface area contributed by atoms with E-state index in [0.717, 1.165) is 30.3 Å². The van der Waals surface area contributed by atoms with Crippen molar-refractivity contribution in [2.75, 3.05) is 13.7 Å². The number of hydrogen-bond acceptors (Lipinski definition) is 1. The monoisotopic (exact) mass is 278 g/mol. The van der Waals surface area contributed by atoms with Crippen molar-refractivity contribution in [1.29, 1.82) is 0 Å². The van der Waals surface area contributed by atoms with Gasteiger partial charge < -0.3 is 4.74 Å². The summed E-state index contributed by atoms with van der Waals surface area (Å²) in [4.78, 5) is 0. The zero-order chi connectivity index (χ0) is 14.2. The molecule has 0 saturated heterocycles. The normalized spacial score (nSPS) is 34.9. The van der Waals surface area contributed by atoms with Crippen molar-refractivity contribution in [2.24, 2.45) is 23.7 Å². The predicted octanol–water partition coefficient (Wildman–Crippen LogP) is 5.60. The number of rotatable bonds is 7. The molecule has 2 saturated carbocycles. The fourth-order valence-corrected chi connectivity index (χ4v) is 4.56. The standard InChI is InChI=1S/C19H34O/c1-3-4-5-6-16-7-11-18(12-8-16)19-13-9-17(10-14-19)15-20-2/h3,16-19H,1,4-15H2,2H3. The smallest absolute Gasteiger partial charge is 0.0490 e. The molecule has 1 heteroatoms. The molecule has 2 fully saturated rings. The predicted molar refractivity (Wildman–Crippen MR) is 86.8 cm³/mol. The fourth-order valence-electron chi connectivity index (χ4n) is 4.56. The minimum absolute atomic E-state index is 0.853. The highest BCUT2D eigenvalue weighted by Crippen LogP contribution is 2.42. The number of allylic oxidation sites excluding steroid dienone is 1. The molecule has 0 atom stereocenters. The van der Waals surface area contributed by atoms with Crippen LogP contribution in [0.4, 0.5) is 0 Å². The highest BCUT2D eigenvalue weighted by molar-refractivity contribution is 4.82. The lowest BCUT2D eigenvalue weighted by atomic mass is 9.69. The van der Waals surface area contributed by atoms with E-state index in [0.29, 0.717) is 0 Å². The Morgan fingerprint density at radius 1 is 0.900 bits per heavy atom. The Labute approximate surface area is 126 Å². The van der Waals surface area contributed by atoms with E-state index in [1.54, 1.807) is 0 Å². The van der Waals surface area contributed by atoms with Gasteiger partial charge in [0.05, 0.1) is 0 Å². The van der Waals surface area contributed by atoms with Gasteiger partial charge >= 0.3 is 0 Å². The van der Waals surface area contributed by atoms with Gasteiger partial charge in [0.1, 0.15) is 0 Å². The van der Waals surface area contributed by atoms with E-state index in [2.05, 4.69) is 12.7 Å². The zero-order valence-corrected chi connectivity index (χ0v) is 13.5. The lowest BCUT2D eigenvalue weighted by Gasteiger charge is -2.37. The molecule has 0 N–H and O–H groups in total. The van der Waals surface area contributed by atoms with Crippen LogP contribution >= 0.6 is 0 Å². The molecular weight excluding hydrogens is 244 g/mol. The number of ether oxygens (including phenoxy) is 1. The van der Waals surface area contributed by atoms with Gasteiger partial charge in [0.2, 0.25) is 0 Å². The Morgan fingerprint density at radius 3 is 1.95 bits per heavy atom. The first-order valence-corrected chi connectivity index (χ1v) is 8.93. The molecule has 0 aliphatic heterocycles. The highest BCUT2D eigenvalue weighted by atomic mass is 16.5. The molecule has 0 aromatic rings. The Morgan fingerprint density at radius 2 is 1.45 bits per heavy atom. The second-order valence-corrected chi connectivity index (χ2v) is 7.24. The van der Waals surface area contributed by atoms with Crippen molar-refractivity contribution < 1.29 is 4.74 Å². The van der Waals surface area contributed by atoms with E-state index >= 15 is 0 Å². The van der Waals surface area contributed by atoms with Gasteiger partial charge in [0, 0.05) is 13.7 Å². The average Bonchev–Trinajstić information content (AvgIpc) is 2.49. The number of hydrogen-bond donors (Lipinski definition) is 0. The highest BCUT2D eigenvalue weighted by Gasteiger charge is 2.30. The zero-order valence-electron chi connectivity index (χ0n) is 13.5. The third-order valence-electron chi connectivity index (χ3n) is 5.87. The summed E-state index contributed by atoms with van der Waals surface area (Å²) < 4.78 is 5.32. The van der Waals surface area contributed by atoms with Crippen LogP contribution in [0.3, 0.4) is 0 Å². The maximum Gasteiger partial charge on any atom is 0.0490 e.